The third kappa shape index (κ3) is 3.35. The van der Waals surface area contributed by atoms with Gasteiger partial charge in [0.05, 0.1) is 13.7 Å². The van der Waals surface area contributed by atoms with E-state index in [1.807, 2.05) is 23.0 Å². The lowest BCUT2D eigenvalue weighted by atomic mass is 10.1. The quantitative estimate of drug-likeness (QED) is 0.865. The number of hydrogen-bond acceptors (Lipinski definition) is 3. The van der Waals surface area contributed by atoms with Crippen LogP contribution in [0.1, 0.15) is 23.7 Å². The molecular formula is C15H21N3O. The maximum absolute atomic E-state index is 5.43. The molecule has 0 bridgehead atoms. The maximum Gasteiger partial charge on any atom is 0.123 e. The zero-order valence-corrected chi connectivity index (χ0v) is 11.8. The number of aryl methyl sites for hydroxylation is 1. The Bertz CT molecular complexity index is 534. The van der Waals surface area contributed by atoms with Crippen LogP contribution in [0, 0.1) is 6.92 Å². The molecule has 0 aliphatic carbocycles. The van der Waals surface area contributed by atoms with Crippen molar-refractivity contribution in [3.8, 4) is 5.75 Å². The number of nitrogens with zero attached hydrogens (tertiary/aromatic N) is 2. The monoisotopic (exact) mass is 259 g/mol. The Morgan fingerprint density at radius 3 is 2.79 bits per heavy atom. The summed E-state index contributed by atoms with van der Waals surface area (Å²) in [5, 5.41) is 7.66. The Labute approximate surface area is 114 Å². The maximum atomic E-state index is 5.43. The van der Waals surface area contributed by atoms with Gasteiger partial charge in [0.2, 0.25) is 0 Å². The highest BCUT2D eigenvalue weighted by Crippen LogP contribution is 2.21. The zero-order chi connectivity index (χ0) is 13.7. The van der Waals surface area contributed by atoms with E-state index < -0.39 is 0 Å². The van der Waals surface area contributed by atoms with Crippen molar-refractivity contribution < 1.29 is 4.74 Å². The normalized spacial score (nSPS) is 10.7. The molecule has 0 saturated carbocycles. The molecule has 0 atom stereocenters. The summed E-state index contributed by atoms with van der Waals surface area (Å²) in [4.78, 5) is 0. The van der Waals surface area contributed by atoms with E-state index in [-0.39, 0.29) is 0 Å². The van der Waals surface area contributed by atoms with E-state index in [0.717, 1.165) is 36.6 Å². The topological polar surface area (TPSA) is 39.1 Å². The molecule has 0 fully saturated rings. The first-order chi connectivity index (χ1) is 9.24. The number of methoxy groups -OCH3 is 1. The Morgan fingerprint density at radius 1 is 1.32 bits per heavy atom. The lowest BCUT2D eigenvalue weighted by Crippen LogP contribution is -2.12. The van der Waals surface area contributed by atoms with Gasteiger partial charge >= 0.3 is 0 Å². The second-order valence-corrected chi connectivity index (χ2v) is 4.56. The van der Waals surface area contributed by atoms with Gasteiger partial charge < -0.3 is 10.1 Å². The predicted molar refractivity (Wildman–Crippen MR) is 76.4 cm³/mol. The first kappa shape index (κ1) is 13.6. The average molecular weight is 259 g/mol. The molecule has 0 radical (unpaired) electrons. The Kier molecular flexibility index (Phi) is 4.58. The van der Waals surface area contributed by atoms with Crippen molar-refractivity contribution in [1.82, 2.24) is 15.1 Å². The first-order valence-electron chi connectivity index (χ1n) is 6.59. The Morgan fingerprint density at radius 2 is 2.16 bits per heavy atom. The lowest BCUT2D eigenvalue weighted by Gasteiger charge is -2.12. The van der Waals surface area contributed by atoms with Crippen LogP contribution in [0.4, 0.5) is 0 Å². The summed E-state index contributed by atoms with van der Waals surface area (Å²) in [7, 11) is 1.71. The number of hydrogen-bond donors (Lipinski definition) is 1. The first-order valence-corrected chi connectivity index (χ1v) is 6.59. The number of benzene rings is 1. The van der Waals surface area contributed by atoms with Crippen LogP contribution in [0.25, 0.3) is 0 Å². The molecule has 4 heteroatoms. The van der Waals surface area contributed by atoms with Gasteiger partial charge in [0.15, 0.2) is 0 Å². The van der Waals surface area contributed by atoms with Gasteiger partial charge in [-0.1, -0.05) is 13.0 Å². The second kappa shape index (κ2) is 6.38. The highest BCUT2D eigenvalue weighted by atomic mass is 16.5. The molecule has 2 aromatic rings. The van der Waals surface area contributed by atoms with E-state index >= 15 is 0 Å². The van der Waals surface area contributed by atoms with Crippen molar-refractivity contribution in [3.05, 3.63) is 47.3 Å². The van der Waals surface area contributed by atoms with Gasteiger partial charge in [-0.05, 0) is 37.2 Å². The van der Waals surface area contributed by atoms with Gasteiger partial charge in [-0.25, -0.2) is 0 Å². The third-order valence-electron chi connectivity index (χ3n) is 3.17. The van der Waals surface area contributed by atoms with Crippen LogP contribution in [0.15, 0.2) is 30.5 Å². The smallest absolute Gasteiger partial charge is 0.123 e. The van der Waals surface area contributed by atoms with Crippen molar-refractivity contribution in [2.45, 2.75) is 26.9 Å². The van der Waals surface area contributed by atoms with Gasteiger partial charge in [0, 0.05) is 24.0 Å². The summed E-state index contributed by atoms with van der Waals surface area (Å²) in [6.45, 7) is 6.76. The SMILES string of the molecule is CCNCc1ccc(OC)c(Cn2nccc2C)c1. The zero-order valence-electron chi connectivity index (χ0n) is 11.8. The van der Waals surface area contributed by atoms with Crippen molar-refractivity contribution >= 4 is 0 Å². The molecule has 0 saturated heterocycles. The molecule has 19 heavy (non-hydrogen) atoms. The van der Waals surface area contributed by atoms with Crippen molar-refractivity contribution in [2.75, 3.05) is 13.7 Å². The summed E-state index contributed by atoms with van der Waals surface area (Å²) in [6, 6.07) is 8.32. The molecule has 0 unspecified atom stereocenters. The molecule has 1 heterocycles. The van der Waals surface area contributed by atoms with Crippen LogP contribution in [0.3, 0.4) is 0 Å². The van der Waals surface area contributed by atoms with Crippen LogP contribution in [0.5, 0.6) is 5.75 Å². The van der Waals surface area contributed by atoms with Crippen LogP contribution in [-0.2, 0) is 13.1 Å². The molecule has 1 aromatic heterocycles. The number of rotatable bonds is 6. The van der Waals surface area contributed by atoms with Gasteiger partial charge in [-0.15, -0.1) is 0 Å². The third-order valence-corrected chi connectivity index (χ3v) is 3.17. The molecule has 102 valence electrons. The minimum Gasteiger partial charge on any atom is -0.496 e. The van der Waals surface area contributed by atoms with Crippen LogP contribution in [0.2, 0.25) is 0 Å². The molecule has 0 spiro atoms. The molecule has 0 aliphatic rings. The minimum atomic E-state index is 0.738. The number of aromatic nitrogens is 2. The standard InChI is InChI=1S/C15H21N3O/c1-4-16-10-13-5-6-15(19-3)14(9-13)11-18-12(2)7-8-17-18/h5-9,16H,4,10-11H2,1-3H3. The van der Waals surface area contributed by atoms with E-state index in [1.54, 1.807) is 7.11 Å². The second-order valence-electron chi connectivity index (χ2n) is 4.56. The average Bonchev–Trinajstić information content (AvgIpc) is 2.82. The number of ether oxygens (including phenoxy) is 1. The molecule has 2 rings (SSSR count). The minimum absolute atomic E-state index is 0.738. The molecule has 1 aromatic carbocycles. The molecular weight excluding hydrogens is 238 g/mol. The van der Waals surface area contributed by atoms with Crippen molar-refractivity contribution in [3.63, 3.8) is 0 Å². The molecule has 4 nitrogen and oxygen atoms in total. The molecule has 0 amide bonds. The fraction of sp³-hybridized carbons (Fsp3) is 0.400. The highest BCUT2D eigenvalue weighted by Gasteiger charge is 2.07. The van der Waals surface area contributed by atoms with Gasteiger partial charge in [-0.3, -0.25) is 4.68 Å². The summed E-state index contributed by atoms with van der Waals surface area (Å²) in [6.07, 6.45) is 1.82. The fourth-order valence-corrected chi connectivity index (χ4v) is 2.06. The van der Waals surface area contributed by atoms with Gasteiger partial charge in [0.25, 0.3) is 0 Å². The van der Waals surface area contributed by atoms with Crippen LogP contribution in [-0.4, -0.2) is 23.4 Å². The summed E-state index contributed by atoms with van der Waals surface area (Å²) in [5.74, 6) is 0.912. The number of nitrogens with one attached hydrogen (secondary N) is 1. The fourth-order valence-electron chi connectivity index (χ4n) is 2.06. The van der Waals surface area contributed by atoms with Crippen LogP contribution < -0.4 is 10.1 Å². The lowest BCUT2D eigenvalue weighted by molar-refractivity contribution is 0.407. The molecule has 1 N–H and O–H groups in total. The predicted octanol–water partition coefficient (Wildman–Crippen LogP) is 2.36. The Hall–Kier alpha value is -1.81. The van der Waals surface area contributed by atoms with Crippen molar-refractivity contribution in [2.24, 2.45) is 0 Å². The van der Waals surface area contributed by atoms with E-state index in [1.165, 1.54) is 5.56 Å². The highest BCUT2D eigenvalue weighted by molar-refractivity contribution is 5.37. The summed E-state index contributed by atoms with van der Waals surface area (Å²) in [5.41, 5.74) is 3.58. The largest absolute Gasteiger partial charge is 0.496 e. The Balaban J connectivity index is 2.23. The van der Waals surface area contributed by atoms with E-state index in [0.29, 0.717) is 0 Å². The molecule has 0 aliphatic heterocycles. The van der Waals surface area contributed by atoms with E-state index in [4.69, 9.17) is 4.74 Å². The van der Waals surface area contributed by atoms with Gasteiger partial charge in [0.1, 0.15) is 5.75 Å². The van der Waals surface area contributed by atoms with E-state index in [9.17, 15) is 0 Å². The summed E-state index contributed by atoms with van der Waals surface area (Å²) >= 11 is 0. The van der Waals surface area contributed by atoms with Crippen molar-refractivity contribution in [1.29, 1.82) is 0 Å². The van der Waals surface area contributed by atoms with Crippen LogP contribution >= 0.6 is 0 Å². The van der Waals surface area contributed by atoms with E-state index in [2.05, 4.69) is 36.4 Å². The summed E-state index contributed by atoms with van der Waals surface area (Å²) < 4.78 is 7.41. The van der Waals surface area contributed by atoms with Gasteiger partial charge in [-0.2, -0.15) is 5.10 Å².